The molecule has 0 aromatic carbocycles. The van der Waals surface area contributed by atoms with Gasteiger partial charge in [0, 0.05) is 6.04 Å². The second-order valence-electron chi connectivity index (χ2n) is 4.65. The molecule has 1 N–H and O–H groups in total. The summed E-state index contributed by atoms with van der Waals surface area (Å²) in [6, 6.07) is 0.661. The molecule has 0 amide bonds. The van der Waals surface area contributed by atoms with Crippen LogP contribution in [0.15, 0.2) is 4.42 Å². The number of piperidine rings is 1. The first-order valence-electron chi connectivity index (χ1n) is 6.00. The number of aromatic nitrogens is 1. The lowest BCUT2D eigenvalue weighted by atomic mass is 10.1. The van der Waals surface area contributed by atoms with E-state index in [2.05, 4.69) is 22.2 Å². The molecule has 0 spiro atoms. The van der Waals surface area contributed by atoms with Gasteiger partial charge in [-0.2, -0.15) is 0 Å². The molecule has 1 aromatic rings. The van der Waals surface area contributed by atoms with E-state index in [9.17, 15) is 0 Å². The molecule has 4 nitrogen and oxygen atoms in total. The first kappa shape index (κ1) is 17.7. The van der Waals surface area contributed by atoms with Crippen molar-refractivity contribution in [2.45, 2.75) is 39.3 Å². The highest BCUT2D eigenvalue weighted by molar-refractivity contribution is 5.85. The molecule has 18 heavy (non-hydrogen) atoms. The first-order chi connectivity index (χ1) is 7.66. The quantitative estimate of drug-likeness (QED) is 0.929. The van der Waals surface area contributed by atoms with E-state index in [1.54, 1.807) is 0 Å². The van der Waals surface area contributed by atoms with Gasteiger partial charge >= 0.3 is 0 Å². The Morgan fingerprint density at radius 1 is 1.28 bits per heavy atom. The summed E-state index contributed by atoms with van der Waals surface area (Å²) < 4.78 is 5.61. The average molecular weight is 296 g/mol. The molecule has 0 bridgehead atoms. The van der Waals surface area contributed by atoms with E-state index in [4.69, 9.17) is 4.42 Å². The second kappa shape index (κ2) is 8.00. The standard InChI is InChI=1S/C12H21N3O.2ClH/c1-9-10(2)16-12(14-9)8-15(3)11-4-6-13-7-5-11;;/h11,13H,4-8H2,1-3H3;2*1H. The normalized spacial score (nSPS) is 16.2. The first-order valence-corrected chi connectivity index (χ1v) is 6.00. The zero-order valence-electron chi connectivity index (χ0n) is 11.2. The van der Waals surface area contributed by atoms with Gasteiger partial charge < -0.3 is 9.73 Å². The molecule has 0 aliphatic carbocycles. The lowest BCUT2D eigenvalue weighted by molar-refractivity contribution is 0.176. The van der Waals surface area contributed by atoms with E-state index >= 15 is 0 Å². The molecule has 0 saturated carbocycles. The molecule has 0 unspecified atom stereocenters. The molecule has 0 radical (unpaired) electrons. The lowest BCUT2D eigenvalue weighted by Crippen LogP contribution is -2.40. The van der Waals surface area contributed by atoms with E-state index < -0.39 is 0 Å². The summed E-state index contributed by atoms with van der Waals surface area (Å²) in [6.45, 7) is 7.03. The topological polar surface area (TPSA) is 41.3 Å². The monoisotopic (exact) mass is 295 g/mol. The molecule has 2 heterocycles. The summed E-state index contributed by atoms with van der Waals surface area (Å²) in [4.78, 5) is 6.77. The van der Waals surface area contributed by atoms with Crippen LogP contribution in [0.2, 0.25) is 0 Å². The Bertz CT molecular complexity index is 332. The van der Waals surface area contributed by atoms with Gasteiger partial charge in [-0.25, -0.2) is 4.98 Å². The minimum Gasteiger partial charge on any atom is -0.444 e. The SMILES string of the molecule is Cc1nc(CN(C)C2CCNCC2)oc1C.Cl.Cl. The van der Waals surface area contributed by atoms with Gasteiger partial charge in [0.15, 0.2) is 0 Å². The van der Waals surface area contributed by atoms with Crippen LogP contribution in [0.1, 0.15) is 30.2 Å². The molecular formula is C12H23Cl2N3O. The van der Waals surface area contributed by atoms with E-state index in [0.717, 1.165) is 37.0 Å². The van der Waals surface area contributed by atoms with Gasteiger partial charge in [-0.1, -0.05) is 0 Å². The van der Waals surface area contributed by atoms with Crippen molar-refractivity contribution in [1.29, 1.82) is 0 Å². The molecule has 106 valence electrons. The molecule has 2 rings (SSSR count). The number of rotatable bonds is 3. The number of halogens is 2. The van der Waals surface area contributed by atoms with Crippen LogP contribution >= 0.6 is 24.8 Å². The van der Waals surface area contributed by atoms with Crippen LogP contribution in [0, 0.1) is 13.8 Å². The molecule has 1 aliphatic heterocycles. The van der Waals surface area contributed by atoms with Crippen LogP contribution in [0.4, 0.5) is 0 Å². The number of hydrogen-bond donors (Lipinski definition) is 1. The smallest absolute Gasteiger partial charge is 0.208 e. The summed E-state index contributed by atoms with van der Waals surface area (Å²) in [6.07, 6.45) is 2.43. The fourth-order valence-electron chi connectivity index (χ4n) is 2.20. The van der Waals surface area contributed by atoms with Gasteiger partial charge in [0.2, 0.25) is 5.89 Å². The van der Waals surface area contributed by atoms with Gasteiger partial charge in [0.25, 0.3) is 0 Å². The molecule has 1 aromatic heterocycles. The number of nitrogens with zero attached hydrogens (tertiary/aromatic N) is 2. The molecule has 1 saturated heterocycles. The maximum absolute atomic E-state index is 5.61. The Morgan fingerprint density at radius 3 is 2.39 bits per heavy atom. The van der Waals surface area contributed by atoms with Crippen LogP contribution in [0.25, 0.3) is 0 Å². The third kappa shape index (κ3) is 4.43. The van der Waals surface area contributed by atoms with Crippen molar-refractivity contribution in [3.63, 3.8) is 0 Å². The van der Waals surface area contributed by atoms with E-state index in [0.29, 0.717) is 6.04 Å². The van der Waals surface area contributed by atoms with Gasteiger partial charge in [-0.15, -0.1) is 24.8 Å². The van der Waals surface area contributed by atoms with Crippen molar-refractivity contribution >= 4 is 24.8 Å². The fourth-order valence-corrected chi connectivity index (χ4v) is 2.20. The Kier molecular flexibility index (Phi) is 7.87. The van der Waals surface area contributed by atoms with Crippen molar-refractivity contribution in [1.82, 2.24) is 15.2 Å². The number of hydrogen-bond acceptors (Lipinski definition) is 4. The molecular weight excluding hydrogens is 273 g/mol. The second-order valence-corrected chi connectivity index (χ2v) is 4.65. The van der Waals surface area contributed by atoms with E-state index in [1.165, 1.54) is 12.8 Å². The summed E-state index contributed by atoms with van der Waals surface area (Å²) >= 11 is 0. The van der Waals surface area contributed by atoms with E-state index in [-0.39, 0.29) is 24.8 Å². The van der Waals surface area contributed by atoms with Gasteiger partial charge in [0.05, 0.1) is 12.2 Å². The van der Waals surface area contributed by atoms with Gasteiger partial charge in [-0.3, -0.25) is 4.90 Å². The highest BCUT2D eigenvalue weighted by atomic mass is 35.5. The fraction of sp³-hybridized carbons (Fsp3) is 0.750. The maximum Gasteiger partial charge on any atom is 0.208 e. The third-order valence-corrected chi connectivity index (χ3v) is 3.39. The zero-order chi connectivity index (χ0) is 11.5. The number of nitrogens with one attached hydrogen (secondary N) is 1. The maximum atomic E-state index is 5.61. The summed E-state index contributed by atoms with van der Waals surface area (Å²) in [5.41, 5.74) is 1.01. The van der Waals surface area contributed by atoms with Gasteiger partial charge in [0.1, 0.15) is 5.76 Å². The van der Waals surface area contributed by atoms with Crippen LogP contribution in [0.5, 0.6) is 0 Å². The van der Waals surface area contributed by atoms with Crippen molar-refractivity contribution in [3.05, 3.63) is 17.3 Å². The van der Waals surface area contributed by atoms with Crippen LogP contribution in [0.3, 0.4) is 0 Å². The zero-order valence-corrected chi connectivity index (χ0v) is 12.9. The largest absolute Gasteiger partial charge is 0.444 e. The van der Waals surface area contributed by atoms with Gasteiger partial charge in [-0.05, 0) is 46.8 Å². The Morgan fingerprint density at radius 2 is 1.89 bits per heavy atom. The molecule has 1 fully saturated rings. The minimum absolute atomic E-state index is 0. The predicted molar refractivity (Wildman–Crippen MR) is 77.8 cm³/mol. The molecule has 6 heteroatoms. The third-order valence-electron chi connectivity index (χ3n) is 3.39. The Balaban J connectivity index is 0.00000144. The van der Waals surface area contributed by atoms with Crippen LogP contribution < -0.4 is 5.32 Å². The van der Waals surface area contributed by atoms with E-state index in [1.807, 2.05) is 13.8 Å². The predicted octanol–water partition coefficient (Wildman–Crippen LogP) is 2.32. The van der Waals surface area contributed by atoms with Crippen molar-refractivity contribution in [3.8, 4) is 0 Å². The molecule has 1 aliphatic rings. The van der Waals surface area contributed by atoms with Crippen LogP contribution in [-0.4, -0.2) is 36.1 Å². The van der Waals surface area contributed by atoms with Crippen molar-refractivity contribution < 1.29 is 4.42 Å². The summed E-state index contributed by atoms with van der Waals surface area (Å²) in [5.74, 6) is 1.78. The number of oxazole rings is 1. The average Bonchev–Trinajstić information content (AvgIpc) is 2.59. The summed E-state index contributed by atoms with van der Waals surface area (Å²) in [5, 5.41) is 3.38. The highest BCUT2D eigenvalue weighted by Gasteiger charge is 2.19. The number of aryl methyl sites for hydroxylation is 2. The van der Waals surface area contributed by atoms with Crippen molar-refractivity contribution in [2.75, 3.05) is 20.1 Å². The van der Waals surface area contributed by atoms with Crippen molar-refractivity contribution in [2.24, 2.45) is 0 Å². The lowest BCUT2D eigenvalue weighted by Gasteiger charge is -2.30. The highest BCUT2D eigenvalue weighted by Crippen LogP contribution is 2.15. The minimum atomic E-state index is 0. The van der Waals surface area contributed by atoms with Crippen LogP contribution in [-0.2, 0) is 6.54 Å². The molecule has 0 atom stereocenters. The Hall–Kier alpha value is -0.290. The summed E-state index contributed by atoms with van der Waals surface area (Å²) in [7, 11) is 2.16. The Labute approximate surface area is 121 Å².